The van der Waals surface area contributed by atoms with E-state index in [4.69, 9.17) is 9.47 Å². The zero-order valence-electron chi connectivity index (χ0n) is 14.8. The number of rotatable bonds is 8. The van der Waals surface area contributed by atoms with Crippen LogP contribution in [0.4, 0.5) is 0 Å². The van der Waals surface area contributed by atoms with Crippen LogP contribution in [0.1, 0.15) is 51.1 Å². The summed E-state index contributed by atoms with van der Waals surface area (Å²) < 4.78 is 10.5. The Morgan fingerprint density at radius 2 is 1.08 bits per heavy atom. The fourth-order valence-electron chi connectivity index (χ4n) is 2.47. The zero-order valence-corrected chi connectivity index (χ0v) is 14.8. The third-order valence-corrected chi connectivity index (χ3v) is 3.98. The first kappa shape index (κ1) is 18.7. The zero-order chi connectivity index (χ0) is 18.1. The molecule has 0 aliphatic heterocycles. The van der Waals surface area contributed by atoms with Crippen molar-refractivity contribution in [1.82, 2.24) is 0 Å². The van der Waals surface area contributed by atoms with Crippen molar-refractivity contribution in [1.29, 1.82) is 0 Å². The van der Waals surface area contributed by atoms with Gasteiger partial charge in [0.25, 0.3) is 0 Å². The number of aryl methyl sites for hydroxylation is 2. The van der Waals surface area contributed by atoms with E-state index in [1.54, 1.807) is 12.1 Å². The lowest BCUT2D eigenvalue weighted by Crippen LogP contribution is -2.09. The van der Waals surface area contributed by atoms with Crippen molar-refractivity contribution in [3.05, 3.63) is 70.8 Å². The van der Waals surface area contributed by atoms with Crippen LogP contribution in [0.15, 0.2) is 48.5 Å². The van der Waals surface area contributed by atoms with E-state index in [2.05, 4.69) is 0 Å². The first-order valence-electron chi connectivity index (χ1n) is 8.55. The van der Waals surface area contributed by atoms with Crippen LogP contribution in [0.3, 0.4) is 0 Å². The molecule has 0 aliphatic carbocycles. The summed E-state index contributed by atoms with van der Waals surface area (Å²) in [5, 5.41) is 0. The van der Waals surface area contributed by atoms with E-state index in [9.17, 15) is 9.59 Å². The Labute approximate surface area is 148 Å². The minimum absolute atomic E-state index is 0.288. The largest absolute Gasteiger partial charge is 0.462 e. The molecule has 0 aliphatic rings. The Hall–Kier alpha value is -2.62. The Kier molecular flexibility index (Phi) is 7.20. The second kappa shape index (κ2) is 9.62. The SMILES string of the molecule is Cc1ccccc1C(=O)OCCCCCOC(=O)c1ccccc1C. The quantitative estimate of drug-likeness (QED) is 0.525. The highest BCUT2D eigenvalue weighted by molar-refractivity contribution is 5.91. The molecule has 0 atom stereocenters. The monoisotopic (exact) mass is 340 g/mol. The first-order valence-corrected chi connectivity index (χ1v) is 8.55. The molecule has 4 nitrogen and oxygen atoms in total. The number of ether oxygens (including phenoxy) is 2. The van der Waals surface area contributed by atoms with E-state index in [0.717, 1.165) is 30.4 Å². The van der Waals surface area contributed by atoms with E-state index >= 15 is 0 Å². The van der Waals surface area contributed by atoms with Gasteiger partial charge < -0.3 is 9.47 Å². The van der Waals surface area contributed by atoms with E-state index in [0.29, 0.717) is 24.3 Å². The van der Waals surface area contributed by atoms with Crippen LogP contribution in [0.5, 0.6) is 0 Å². The third kappa shape index (κ3) is 5.75. The predicted octanol–water partition coefficient (Wildman–Crippen LogP) is 4.49. The number of esters is 2. The lowest BCUT2D eigenvalue weighted by Gasteiger charge is -2.08. The number of carbonyl (C=O) groups excluding carboxylic acids is 2. The van der Waals surface area contributed by atoms with Crippen LogP contribution in [0.2, 0.25) is 0 Å². The maximum Gasteiger partial charge on any atom is 0.338 e. The maximum absolute atomic E-state index is 11.9. The van der Waals surface area contributed by atoms with Crippen LogP contribution in [0, 0.1) is 13.8 Å². The van der Waals surface area contributed by atoms with Crippen molar-refractivity contribution in [3.63, 3.8) is 0 Å². The van der Waals surface area contributed by atoms with Gasteiger partial charge in [-0.1, -0.05) is 36.4 Å². The normalized spacial score (nSPS) is 10.3. The average Bonchev–Trinajstić information content (AvgIpc) is 2.61. The Morgan fingerprint density at radius 1 is 0.680 bits per heavy atom. The number of benzene rings is 2. The number of unbranched alkanes of at least 4 members (excludes halogenated alkanes) is 2. The molecule has 0 saturated heterocycles. The summed E-state index contributed by atoms with van der Waals surface area (Å²) >= 11 is 0. The molecule has 25 heavy (non-hydrogen) atoms. The number of hydrogen-bond acceptors (Lipinski definition) is 4. The summed E-state index contributed by atoms with van der Waals surface area (Å²) in [6, 6.07) is 14.7. The summed E-state index contributed by atoms with van der Waals surface area (Å²) in [5.41, 5.74) is 3.04. The summed E-state index contributed by atoms with van der Waals surface area (Å²) in [6.45, 7) is 4.52. The lowest BCUT2D eigenvalue weighted by molar-refractivity contribution is 0.0477. The molecule has 2 rings (SSSR count). The Bertz CT molecular complexity index is 660. The highest BCUT2D eigenvalue weighted by atomic mass is 16.5. The first-order chi connectivity index (χ1) is 12.1. The summed E-state index contributed by atoms with van der Waals surface area (Å²) in [4.78, 5) is 23.9. The third-order valence-electron chi connectivity index (χ3n) is 3.98. The Morgan fingerprint density at radius 3 is 1.48 bits per heavy atom. The predicted molar refractivity (Wildman–Crippen MR) is 96.8 cm³/mol. The van der Waals surface area contributed by atoms with Crippen LogP contribution >= 0.6 is 0 Å². The molecule has 0 radical (unpaired) electrons. The molecule has 0 bridgehead atoms. The van der Waals surface area contributed by atoms with Crippen molar-refractivity contribution in [2.75, 3.05) is 13.2 Å². The molecule has 0 aromatic heterocycles. The lowest BCUT2D eigenvalue weighted by atomic mass is 10.1. The van der Waals surface area contributed by atoms with Gasteiger partial charge in [-0.2, -0.15) is 0 Å². The molecule has 2 aromatic carbocycles. The van der Waals surface area contributed by atoms with Gasteiger partial charge in [0.1, 0.15) is 0 Å². The second-order valence-corrected chi connectivity index (χ2v) is 5.96. The van der Waals surface area contributed by atoms with Crippen molar-refractivity contribution in [2.45, 2.75) is 33.1 Å². The van der Waals surface area contributed by atoms with Crippen LogP contribution in [0.25, 0.3) is 0 Å². The van der Waals surface area contributed by atoms with Gasteiger partial charge in [-0.15, -0.1) is 0 Å². The van der Waals surface area contributed by atoms with Gasteiger partial charge >= 0.3 is 11.9 Å². The van der Waals surface area contributed by atoms with Crippen molar-refractivity contribution in [2.24, 2.45) is 0 Å². The average molecular weight is 340 g/mol. The van der Waals surface area contributed by atoms with Gasteiger partial charge in [-0.3, -0.25) is 0 Å². The van der Waals surface area contributed by atoms with Gasteiger partial charge in [0.2, 0.25) is 0 Å². The number of carbonyl (C=O) groups is 2. The second-order valence-electron chi connectivity index (χ2n) is 5.96. The fourth-order valence-corrected chi connectivity index (χ4v) is 2.47. The van der Waals surface area contributed by atoms with E-state index < -0.39 is 0 Å². The Balaban J connectivity index is 1.60. The highest BCUT2D eigenvalue weighted by Gasteiger charge is 2.10. The molecule has 0 saturated carbocycles. The summed E-state index contributed by atoms with van der Waals surface area (Å²) in [6.07, 6.45) is 2.33. The van der Waals surface area contributed by atoms with Crippen molar-refractivity contribution >= 4 is 11.9 Å². The molecular formula is C21H24O4. The van der Waals surface area contributed by atoms with Gasteiger partial charge in [0.15, 0.2) is 0 Å². The van der Waals surface area contributed by atoms with Crippen molar-refractivity contribution < 1.29 is 19.1 Å². The minimum Gasteiger partial charge on any atom is -0.462 e. The van der Waals surface area contributed by atoms with Crippen LogP contribution in [-0.4, -0.2) is 25.2 Å². The molecule has 0 N–H and O–H groups in total. The summed E-state index contributed by atoms with van der Waals surface area (Å²) in [7, 11) is 0. The molecular weight excluding hydrogens is 316 g/mol. The molecule has 132 valence electrons. The van der Waals surface area contributed by atoms with Crippen molar-refractivity contribution in [3.8, 4) is 0 Å². The topological polar surface area (TPSA) is 52.6 Å². The van der Waals surface area contributed by atoms with Gasteiger partial charge in [0, 0.05) is 0 Å². The van der Waals surface area contributed by atoms with Gasteiger partial charge in [-0.05, 0) is 56.4 Å². The maximum atomic E-state index is 11.9. The molecule has 0 unspecified atom stereocenters. The molecule has 0 heterocycles. The molecule has 2 aromatic rings. The molecule has 0 spiro atoms. The van der Waals surface area contributed by atoms with E-state index in [1.165, 1.54) is 0 Å². The molecule has 0 fully saturated rings. The standard InChI is InChI=1S/C21H24O4/c1-16-10-4-6-12-18(16)20(22)24-14-8-3-9-15-25-21(23)19-13-7-5-11-17(19)2/h4-7,10-13H,3,8-9,14-15H2,1-2H3. The highest BCUT2D eigenvalue weighted by Crippen LogP contribution is 2.10. The number of hydrogen-bond donors (Lipinski definition) is 0. The van der Waals surface area contributed by atoms with Gasteiger partial charge in [0.05, 0.1) is 24.3 Å². The molecule has 4 heteroatoms. The van der Waals surface area contributed by atoms with E-state index in [-0.39, 0.29) is 11.9 Å². The fraction of sp³-hybridized carbons (Fsp3) is 0.333. The smallest absolute Gasteiger partial charge is 0.338 e. The van der Waals surface area contributed by atoms with Gasteiger partial charge in [-0.25, -0.2) is 9.59 Å². The molecule has 0 amide bonds. The summed E-state index contributed by atoms with van der Waals surface area (Å²) in [5.74, 6) is -0.576. The van der Waals surface area contributed by atoms with E-state index in [1.807, 2.05) is 50.2 Å². The minimum atomic E-state index is -0.288. The van der Waals surface area contributed by atoms with Crippen LogP contribution in [-0.2, 0) is 9.47 Å². The van der Waals surface area contributed by atoms with Crippen LogP contribution < -0.4 is 0 Å².